The van der Waals surface area contributed by atoms with Gasteiger partial charge < -0.3 is 4.74 Å². The van der Waals surface area contributed by atoms with Crippen molar-refractivity contribution in [2.45, 2.75) is 32.4 Å². The van der Waals surface area contributed by atoms with Crippen LogP contribution >= 0.6 is 0 Å². The molecule has 1 amide bonds. The maximum absolute atomic E-state index is 13.1. The number of carbonyl (C=O) groups is 1. The zero-order valence-electron chi connectivity index (χ0n) is 16.3. The average molecular weight is 376 g/mol. The third-order valence-electron chi connectivity index (χ3n) is 5.24. The molecule has 0 unspecified atom stereocenters. The fourth-order valence-corrected chi connectivity index (χ4v) is 3.79. The van der Waals surface area contributed by atoms with Crippen molar-refractivity contribution in [2.24, 2.45) is 5.92 Å². The Balaban J connectivity index is 1.83. The molecule has 0 bridgehead atoms. The van der Waals surface area contributed by atoms with E-state index in [-0.39, 0.29) is 23.9 Å². The van der Waals surface area contributed by atoms with Gasteiger partial charge in [0.05, 0.1) is 19.2 Å². The van der Waals surface area contributed by atoms with Gasteiger partial charge in [-0.3, -0.25) is 9.69 Å². The summed E-state index contributed by atoms with van der Waals surface area (Å²) in [6, 6.07) is 18.1. The fraction of sp³-hybridized carbons (Fsp3) is 0.318. The van der Waals surface area contributed by atoms with Crippen LogP contribution < -0.4 is 9.64 Å². The van der Waals surface area contributed by atoms with Crippen LogP contribution in [0.4, 0.5) is 5.95 Å². The van der Waals surface area contributed by atoms with Gasteiger partial charge in [-0.15, -0.1) is 0 Å². The second-order valence-corrected chi connectivity index (χ2v) is 7.32. The number of amides is 1. The number of nitrogens with zero attached hydrogens (tertiary/aromatic N) is 4. The van der Waals surface area contributed by atoms with Crippen LogP contribution in [0.2, 0.25) is 0 Å². The van der Waals surface area contributed by atoms with Gasteiger partial charge in [0.15, 0.2) is 0 Å². The summed E-state index contributed by atoms with van der Waals surface area (Å²) >= 11 is 0. The molecule has 0 radical (unpaired) electrons. The number of aromatic nitrogens is 3. The van der Waals surface area contributed by atoms with Gasteiger partial charge in [-0.2, -0.15) is 10.1 Å². The Kier molecular flexibility index (Phi) is 4.86. The second-order valence-electron chi connectivity index (χ2n) is 7.32. The van der Waals surface area contributed by atoms with Crippen LogP contribution in [-0.2, 0) is 4.79 Å². The standard InChI is InChI=1S/C22H24N4O2/c1-15(2)21(27)25-19(17-9-11-18(28-3)12-10-17)13-20(16-7-5-4-6-8-16)26-22(25)23-14-24-26/h4-12,14-15,19-20H,13H2,1-3H3/t19-,20+/m1/s1. The first-order chi connectivity index (χ1) is 13.6. The first-order valence-electron chi connectivity index (χ1n) is 9.51. The molecule has 0 spiro atoms. The molecule has 1 aliphatic rings. The van der Waals surface area contributed by atoms with Crippen LogP contribution in [-0.4, -0.2) is 27.8 Å². The SMILES string of the molecule is COc1ccc([C@H]2C[C@@H](c3ccccc3)n3ncnc3N2C(=O)C(C)C)cc1. The molecule has 0 N–H and O–H groups in total. The molecule has 2 atom stereocenters. The van der Waals surface area contributed by atoms with Gasteiger partial charge in [-0.25, -0.2) is 4.68 Å². The Hall–Kier alpha value is -3.15. The molecule has 0 aliphatic carbocycles. The van der Waals surface area contributed by atoms with Crippen molar-refractivity contribution < 1.29 is 9.53 Å². The summed E-state index contributed by atoms with van der Waals surface area (Å²) in [6.45, 7) is 3.83. The van der Waals surface area contributed by atoms with Crippen molar-refractivity contribution >= 4 is 11.9 Å². The molecule has 28 heavy (non-hydrogen) atoms. The van der Waals surface area contributed by atoms with E-state index in [2.05, 4.69) is 22.2 Å². The van der Waals surface area contributed by atoms with Crippen LogP contribution in [0.1, 0.15) is 43.5 Å². The number of methoxy groups -OCH3 is 1. The lowest BCUT2D eigenvalue weighted by Crippen LogP contribution is -2.44. The Labute approximate surface area is 164 Å². The third-order valence-corrected chi connectivity index (χ3v) is 5.24. The van der Waals surface area contributed by atoms with E-state index in [0.717, 1.165) is 23.3 Å². The van der Waals surface area contributed by atoms with Crippen LogP contribution in [0.15, 0.2) is 60.9 Å². The summed E-state index contributed by atoms with van der Waals surface area (Å²) in [5, 5.41) is 4.45. The van der Waals surface area contributed by atoms with E-state index < -0.39 is 0 Å². The van der Waals surface area contributed by atoms with Crippen molar-refractivity contribution in [2.75, 3.05) is 12.0 Å². The largest absolute Gasteiger partial charge is 0.497 e. The number of benzene rings is 2. The lowest BCUT2D eigenvalue weighted by molar-refractivity contribution is -0.122. The first-order valence-corrected chi connectivity index (χ1v) is 9.51. The van der Waals surface area contributed by atoms with E-state index in [1.54, 1.807) is 12.0 Å². The molecule has 6 nitrogen and oxygen atoms in total. The number of anilines is 1. The number of fused-ring (bicyclic) bond motifs is 1. The van der Waals surface area contributed by atoms with Crippen molar-refractivity contribution in [1.82, 2.24) is 14.8 Å². The topological polar surface area (TPSA) is 60.2 Å². The highest BCUT2D eigenvalue weighted by atomic mass is 16.5. The molecule has 0 saturated carbocycles. The molecule has 3 aromatic rings. The van der Waals surface area contributed by atoms with Crippen LogP contribution in [0.25, 0.3) is 0 Å². The quantitative estimate of drug-likeness (QED) is 0.690. The van der Waals surface area contributed by atoms with Crippen LogP contribution in [0.5, 0.6) is 5.75 Å². The molecular weight excluding hydrogens is 352 g/mol. The molecular formula is C22H24N4O2. The van der Waals surface area contributed by atoms with Crippen molar-refractivity contribution in [1.29, 1.82) is 0 Å². The Morgan fingerprint density at radius 1 is 1.04 bits per heavy atom. The summed E-state index contributed by atoms with van der Waals surface area (Å²) in [4.78, 5) is 19.4. The monoisotopic (exact) mass is 376 g/mol. The Morgan fingerprint density at radius 2 is 1.71 bits per heavy atom. The summed E-state index contributed by atoms with van der Waals surface area (Å²) in [7, 11) is 1.65. The number of carbonyl (C=O) groups excluding carboxylic acids is 1. The summed E-state index contributed by atoms with van der Waals surface area (Å²) < 4.78 is 7.17. The molecule has 1 aromatic heterocycles. The molecule has 4 rings (SSSR count). The van der Waals surface area contributed by atoms with Gasteiger partial charge >= 0.3 is 0 Å². The molecule has 0 fully saturated rings. The minimum atomic E-state index is -0.140. The lowest BCUT2D eigenvalue weighted by Gasteiger charge is -2.39. The number of rotatable bonds is 4. The number of ether oxygens (including phenoxy) is 1. The summed E-state index contributed by atoms with van der Waals surface area (Å²) in [5.41, 5.74) is 2.22. The van der Waals surface area contributed by atoms with Crippen LogP contribution in [0, 0.1) is 5.92 Å². The highest BCUT2D eigenvalue weighted by molar-refractivity contribution is 5.94. The van der Waals surface area contributed by atoms with Crippen molar-refractivity contribution in [3.05, 3.63) is 72.1 Å². The van der Waals surface area contributed by atoms with Gasteiger partial charge in [0.25, 0.3) is 0 Å². The zero-order chi connectivity index (χ0) is 19.7. The van der Waals surface area contributed by atoms with Gasteiger partial charge in [-0.05, 0) is 29.7 Å². The highest BCUT2D eigenvalue weighted by Crippen LogP contribution is 2.42. The van der Waals surface area contributed by atoms with Crippen molar-refractivity contribution in [3.63, 3.8) is 0 Å². The number of hydrogen-bond donors (Lipinski definition) is 0. The lowest BCUT2D eigenvalue weighted by atomic mass is 9.91. The second kappa shape index (κ2) is 7.46. The van der Waals surface area contributed by atoms with E-state index in [4.69, 9.17) is 4.74 Å². The van der Waals surface area contributed by atoms with Gasteiger partial charge in [-0.1, -0.05) is 56.3 Å². The van der Waals surface area contributed by atoms with E-state index in [9.17, 15) is 4.79 Å². The van der Waals surface area contributed by atoms with Gasteiger partial charge in [0, 0.05) is 5.92 Å². The molecule has 2 heterocycles. The Morgan fingerprint density at radius 3 is 2.36 bits per heavy atom. The minimum absolute atomic E-state index is 0.0158. The minimum Gasteiger partial charge on any atom is -0.497 e. The normalized spacial score (nSPS) is 18.8. The van der Waals surface area contributed by atoms with E-state index in [0.29, 0.717) is 5.95 Å². The molecule has 0 saturated heterocycles. The molecule has 2 aromatic carbocycles. The summed E-state index contributed by atoms with van der Waals surface area (Å²) in [5.74, 6) is 1.30. The highest BCUT2D eigenvalue weighted by Gasteiger charge is 2.39. The van der Waals surface area contributed by atoms with Crippen LogP contribution in [0.3, 0.4) is 0 Å². The molecule has 1 aliphatic heterocycles. The van der Waals surface area contributed by atoms with E-state index in [1.807, 2.05) is 61.0 Å². The fourth-order valence-electron chi connectivity index (χ4n) is 3.79. The van der Waals surface area contributed by atoms with E-state index in [1.165, 1.54) is 6.33 Å². The maximum atomic E-state index is 13.1. The average Bonchev–Trinajstić information content (AvgIpc) is 3.22. The number of hydrogen-bond acceptors (Lipinski definition) is 4. The third kappa shape index (κ3) is 3.15. The first kappa shape index (κ1) is 18.2. The molecule has 144 valence electrons. The van der Waals surface area contributed by atoms with Gasteiger partial charge in [0.2, 0.25) is 11.9 Å². The van der Waals surface area contributed by atoms with E-state index >= 15 is 0 Å². The smallest absolute Gasteiger partial charge is 0.232 e. The maximum Gasteiger partial charge on any atom is 0.232 e. The van der Waals surface area contributed by atoms with Crippen molar-refractivity contribution in [3.8, 4) is 5.75 Å². The predicted octanol–water partition coefficient (Wildman–Crippen LogP) is 4.01. The van der Waals surface area contributed by atoms with Gasteiger partial charge in [0.1, 0.15) is 12.1 Å². The zero-order valence-corrected chi connectivity index (χ0v) is 16.3. The summed E-state index contributed by atoms with van der Waals surface area (Å²) in [6.07, 6.45) is 2.26. The molecule has 6 heteroatoms. The Bertz CT molecular complexity index is 950. The predicted molar refractivity (Wildman–Crippen MR) is 107 cm³/mol.